The van der Waals surface area contributed by atoms with Gasteiger partial charge in [-0.25, -0.2) is 4.99 Å². The summed E-state index contributed by atoms with van der Waals surface area (Å²) < 4.78 is 4.93. The quantitative estimate of drug-likeness (QED) is 0.360. The Kier molecular flexibility index (Phi) is 4.78. The van der Waals surface area contributed by atoms with Gasteiger partial charge in [-0.05, 0) is 6.92 Å². The van der Waals surface area contributed by atoms with E-state index in [2.05, 4.69) is 9.98 Å². The van der Waals surface area contributed by atoms with Crippen LogP contribution in [0.25, 0.3) is 0 Å². The van der Waals surface area contributed by atoms with Crippen molar-refractivity contribution in [1.29, 1.82) is 0 Å². The highest BCUT2D eigenvalue weighted by atomic mass is 16.5. The zero-order chi connectivity index (χ0) is 9.56. The molecule has 0 heterocycles. The van der Waals surface area contributed by atoms with Crippen LogP contribution in [0.2, 0.25) is 0 Å². The molecule has 1 atom stereocenters. The molecule has 70 valence electrons. The fourth-order valence-electron chi connectivity index (χ4n) is 0.464. The smallest absolute Gasteiger partial charge is 0.218 e. The van der Waals surface area contributed by atoms with E-state index in [1.54, 1.807) is 7.11 Å². The van der Waals surface area contributed by atoms with Crippen LogP contribution in [0.3, 0.4) is 0 Å². The van der Waals surface area contributed by atoms with Gasteiger partial charge in [0.25, 0.3) is 0 Å². The molecule has 0 spiro atoms. The fourth-order valence-corrected chi connectivity index (χ4v) is 0.464. The van der Waals surface area contributed by atoms with Gasteiger partial charge in [-0.3, -0.25) is 0 Å². The molecule has 0 saturated heterocycles. The van der Waals surface area contributed by atoms with Crippen LogP contribution in [0, 0.1) is 0 Å². The lowest BCUT2D eigenvalue weighted by molar-refractivity contribution is 0.125. The Morgan fingerprint density at radius 3 is 2.42 bits per heavy atom. The summed E-state index contributed by atoms with van der Waals surface area (Å²) in [5.41, 5.74) is 15.5. The SMILES string of the molecule is COC(C)CN=C(N)N=C(N)N. The molecule has 6 N–H and O–H groups in total. The van der Waals surface area contributed by atoms with Gasteiger partial charge in [0.15, 0.2) is 5.96 Å². The summed E-state index contributed by atoms with van der Waals surface area (Å²) in [5, 5.41) is 0. The molecule has 0 rings (SSSR count). The van der Waals surface area contributed by atoms with Gasteiger partial charge in [0, 0.05) is 7.11 Å². The molecule has 0 aliphatic carbocycles. The Hall–Kier alpha value is -1.30. The fraction of sp³-hybridized carbons (Fsp3) is 0.667. The van der Waals surface area contributed by atoms with E-state index in [0.29, 0.717) is 6.54 Å². The zero-order valence-electron chi connectivity index (χ0n) is 7.32. The summed E-state index contributed by atoms with van der Waals surface area (Å²) in [6.45, 7) is 2.31. The van der Waals surface area contributed by atoms with Gasteiger partial charge in [0.2, 0.25) is 5.96 Å². The van der Waals surface area contributed by atoms with Crippen molar-refractivity contribution in [3.05, 3.63) is 0 Å². The van der Waals surface area contributed by atoms with Crippen molar-refractivity contribution in [1.82, 2.24) is 0 Å². The van der Waals surface area contributed by atoms with Crippen molar-refractivity contribution in [2.75, 3.05) is 13.7 Å². The highest BCUT2D eigenvalue weighted by Gasteiger charge is 1.96. The summed E-state index contributed by atoms with van der Waals surface area (Å²) >= 11 is 0. The van der Waals surface area contributed by atoms with E-state index in [1.165, 1.54) is 0 Å². The van der Waals surface area contributed by atoms with Crippen LogP contribution in [-0.4, -0.2) is 31.7 Å². The Morgan fingerprint density at radius 1 is 1.42 bits per heavy atom. The lowest BCUT2D eigenvalue weighted by Gasteiger charge is -2.04. The lowest BCUT2D eigenvalue weighted by atomic mass is 10.4. The first-order chi connectivity index (χ1) is 5.56. The monoisotopic (exact) mass is 173 g/mol. The molecule has 0 fully saturated rings. The third-order valence-corrected chi connectivity index (χ3v) is 1.16. The van der Waals surface area contributed by atoms with Gasteiger partial charge in [-0.2, -0.15) is 4.99 Å². The minimum Gasteiger partial charge on any atom is -0.380 e. The molecule has 0 amide bonds. The molecule has 0 bridgehead atoms. The number of nitrogens with two attached hydrogens (primary N) is 3. The number of guanidine groups is 2. The maximum Gasteiger partial charge on any atom is 0.218 e. The largest absolute Gasteiger partial charge is 0.380 e. The molecular weight excluding hydrogens is 158 g/mol. The number of methoxy groups -OCH3 is 1. The predicted octanol–water partition coefficient (Wildman–Crippen LogP) is -1.39. The van der Waals surface area contributed by atoms with Gasteiger partial charge >= 0.3 is 0 Å². The van der Waals surface area contributed by atoms with Crippen LogP contribution in [0.1, 0.15) is 6.92 Å². The van der Waals surface area contributed by atoms with Crippen molar-refractivity contribution in [3.8, 4) is 0 Å². The van der Waals surface area contributed by atoms with Crippen molar-refractivity contribution >= 4 is 11.9 Å². The van der Waals surface area contributed by atoms with E-state index in [0.717, 1.165) is 0 Å². The zero-order valence-corrected chi connectivity index (χ0v) is 7.32. The second kappa shape index (κ2) is 5.36. The highest BCUT2D eigenvalue weighted by Crippen LogP contribution is 1.87. The summed E-state index contributed by atoms with van der Waals surface area (Å²) in [5.74, 6) is -0.0276. The Balaban J connectivity index is 3.93. The predicted molar refractivity (Wildman–Crippen MR) is 48.8 cm³/mol. The normalized spacial score (nSPS) is 14.0. The minimum absolute atomic E-state index is 0.0118. The van der Waals surface area contributed by atoms with Crippen molar-refractivity contribution in [2.45, 2.75) is 13.0 Å². The average Bonchev–Trinajstić information content (AvgIpc) is 1.99. The first-order valence-electron chi connectivity index (χ1n) is 3.48. The molecule has 0 saturated carbocycles. The number of nitrogens with zero attached hydrogens (tertiary/aromatic N) is 2. The third kappa shape index (κ3) is 5.48. The topological polar surface area (TPSA) is 112 Å². The van der Waals surface area contributed by atoms with Gasteiger partial charge in [-0.15, -0.1) is 0 Å². The maximum absolute atomic E-state index is 5.32. The van der Waals surface area contributed by atoms with Crippen LogP contribution in [0.15, 0.2) is 9.98 Å². The molecule has 1 unspecified atom stereocenters. The van der Waals surface area contributed by atoms with Gasteiger partial charge in [0.1, 0.15) is 0 Å². The number of hydrogen-bond acceptors (Lipinski definition) is 2. The first kappa shape index (κ1) is 10.7. The number of ether oxygens (including phenoxy) is 1. The molecular formula is C6H15N5O. The maximum atomic E-state index is 5.32. The Morgan fingerprint density at radius 2 is 2.00 bits per heavy atom. The molecule has 0 radical (unpaired) electrons. The third-order valence-electron chi connectivity index (χ3n) is 1.16. The van der Waals surface area contributed by atoms with Crippen molar-refractivity contribution in [2.24, 2.45) is 27.2 Å². The van der Waals surface area contributed by atoms with Gasteiger partial charge < -0.3 is 21.9 Å². The van der Waals surface area contributed by atoms with Crippen molar-refractivity contribution in [3.63, 3.8) is 0 Å². The summed E-state index contributed by atoms with van der Waals surface area (Å²) in [4.78, 5) is 7.39. The summed E-state index contributed by atoms with van der Waals surface area (Å²) in [6.07, 6.45) is 0.0118. The number of aliphatic imine (C=N–C) groups is 2. The van der Waals surface area contributed by atoms with Crippen LogP contribution in [0.4, 0.5) is 0 Å². The molecule has 6 heteroatoms. The van der Waals surface area contributed by atoms with Crippen LogP contribution >= 0.6 is 0 Å². The molecule has 0 aliphatic rings. The number of rotatable bonds is 3. The number of hydrogen-bond donors (Lipinski definition) is 3. The second-order valence-corrected chi connectivity index (χ2v) is 2.28. The first-order valence-corrected chi connectivity index (χ1v) is 3.48. The molecule has 0 aromatic rings. The van der Waals surface area contributed by atoms with E-state index in [1.807, 2.05) is 6.92 Å². The molecule has 0 aromatic carbocycles. The molecule has 0 aromatic heterocycles. The van der Waals surface area contributed by atoms with Crippen LogP contribution in [0.5, 0.6) is 0 Å². The molecule has 0 aliphatic heterocycles. The Bertz CT molecular complexity index is 184. The van der Waals surface area contributed by atoms with Gasteiger partial charge in [0.05, 0.1) is 12.6 Å². The van der Waals surface area contributed by atoms with E-state index in [4.69, 9.17) is 21.9 Å². The van der Waals surface area contributed by atoms with Crippen molar-refractivity contribution < 1.29 is 4.74 Å². The Labute approximate surface area is 71.5 Å². The van der Waals surface area contributed by atoms with Gasteiger partial charge in [-0.1, -0.05) is 0 Å². The van der Waals surface area contributed by atoms with Crippen LogP contribution < -0.4 is 17.2 Å². The summed E-state index contributed by atoms with van der Waals surface area (Å²) in [7, 11) is 1.59. The van der Waals surface area contributed by atoms with E-state index >= 15 is 0 Å². The van der Waals surface area contributed by atoms with Crippen LogP contribution in [-0.2, 0) is 4.74 Å². The lowest BCUT2D eigenvalue weighted by Crippen LogP contribution is -2.27. The van der Waals surface area contributed by atoms with E-state index < -0.39 is 0 Å². The van der Waals surface area contributed by atoms with E-state index in [9.17, 15) is 0 Å². The highest BCUT2D eigenvalue weighted by molar-refractivity contribution is 5.92. The summed E-state index contributed by atoms with van der Waals surface area (Å²) in [6, 6.07) is 0. The minimum atomic E-state index is -0.0960. The van der Waals surface area contributed by atoms with E-state index in [-0.39, 0.29) is 18.0 Å². The molecule has 12 heavy (non-hydrogen) atoms. The molecule has 6 nitrogen and oxygen atoms in total. The average molecular weight is 173 g/mol. The second-order valence-electron chi connectivity index (χ2n) is 2.28. The standard InChI is InChI=1S/C6H15N5O/c1-4(12-2)3-10-6(9)11-5(7)8/h4H,3H2,1-2H3,(H6,7,8,9,10,11).